The maximum absolute atomic E-state index is 5.70. The minimum atomic E-state index is 0.367. The second-order valence-electron chi connectivity index (χ2n) is 3.22. The first kappa shape index (κ1) is 9.54. The molecule has 6 heteroatoms. The molecule has 0 spiro atoms. The molecule has 0 aliphatic carbocycles. The van der Waals surface area contributed by atoms with Crippen LogP contribution in [0, 0.1) is 0 Å². The topological polar surface area (TPSA) is 69.1 Å². The lowest BCUT2D eigenvalue weighted by Gasteiger charge is -2.08. The first-order chi connectivity index (χ1) is 6.85. The highest BCUT2D eigenvalue weighted by molar-refractivity contribution is 7.16. The van der Waals surface area contributed by atoms with Gasteiger partial charge in [-0.05, 0) is 6.42 Å². The second kappa shape index (κ2) is 4.02. The second-order valence-corrected chi connectivity index (χ2v) is 4.21. The molecule has 0 aliphatic heterocycles. The van der Waals surface area contributed by atoms with Crippen LogP contribution >= 0.6 is 11.3 Å². The van der Waals surface area contributed by atoms with Crippen molar-refractivity contribution in [2.24, 2.45) is 5.73 Å². The number of hydrogen-bond donors (Lipinski definition) is 1. The van der Waals surface area contributed by atoms with E-state index in [0.29, 0.717) is 12.5 Å². The summed E-state index contributed by atoms with van der Waals surface area (Å²) in [4.78, 5) is 0.842. The number of nitrogens with two attached hydrogens (primary N) is 1. The summed E-state index contributed by atoms with van der Waals surface area (Å²) in [5.74, 6) is 0.367. The van der Waals surface area contributed by atoms with Crippen LogP contribution in [-0.4, -0.2) is 26.4 Å². The maximum atomic E-state index is 5.70. The van der Waals surface area contributed by atoms with Crippen LogP contribution in [0.25, 0.3) is 4.96 Å². The van der Waals surface area contributed by atoms with Crippen molar-refractivity contribution >= 4 is 16.3 Å². The number of hydrogen-bond acceptors (Lipinski definition) is 5. The summed E-state index contributed by atoms with van der Waals surface area (Å²) in [6.45, 7) is 2.81. The Kier molecular flexibility index (Phi) is 2.74. The van der Waals surface area contributed by atoms with Gasteiger partial charge in [-0.1, -0.05) is 24.7 Å². The predicted octanol–water partition coefficient (Wildman–Crippen LogP) is 1.03. The largest absolute Gasteiger partial charge is 0.330 e. The summed E-state index contributed by atoms with van der Waals surface area (Å²) in [7, 11) is 0. The molecule has 0 radical (unpaired) electrons. The molecule has 2 rings (SSSR count). The minimum Gasteiger partial charge on any atom is -0.330 e. The quantitative estimate of drug-likeness (QED) is 0.820. The number of nitrogens with zero attached hydrogens (tertiary/aromatic N) is 4. The molecule has 5 nitrogen and oxygen atoms in total. The lowest BCUT2D eigenvalue weighted by Crippen LogP contribution is -2.12. The van der Waals surface area contributed by atoms with E-state index in [1.807, 2.05) is 0 Å². The third kappa shape index (κ3) is 1.62. The fraction of sp³-hybridized carbons (Fsp3) is 0.625. The average Bonchev–Trinajstić information content (AvgIpc) is 2.73. The summed E-state index contributed by atoms with van der Waals surface area (Å²) < 4.78 is 1.71. The van der Waals surface area contributed by atoms with Crippen molar-refractivity contribution < 1.29 is 0 Å². The lowest BCUT2D eigenvalue weighted by molar-refractivity contribution is 0.609. The molecule has 2 N–H and O–H groups in total. The molecule has 1 unspecified atom stereocenters. The van der Waals surface area contributed by atoms with Gasteiger partial charge in [0, 0.05) is 12.5 Å². The van der Waals surface area contributed by atoms with Crippen LogP contribution in [0.4, 0.5) is 0 Å². The molecule has 1 atom stereocenters. The van der Waals surface area contributed by atoms with E-state index < -0.39 is 0 Å². The Labute approximate surface area is 86.0 Å². The Morgan fingerprint density at radius 2 is 2.50 bits per heavy atom. The normalized spacial score (nSPS) is 13.6. The van der Waals surface area contributed by atoms with Gasteiger partial charge >= 0.3 is 0 Å². The van der Waals surface area contributed by atoms with Gasteiger partial charge in [0.25, 0.3) is 0 Å². The summed E-state index contributed by atoms with van der Waals surface area (Å²) >= 11 is 1.57. The molecule has 14 heavy (non-hydrogen) atoms. The molecule has 0 amide bonds. The first-order valence-corrected chi connectivity index (χ1v) is 5.53. The van der Waals surface area contributed by atoms with Gasteiger partial charge in [0.15, 0.2) is 0 Å². The van der Waals surface area contributed by atoms with Gasteiger partial charge in [0.05, 0.1) is 0 Å². The number of fused-ring (bicyclic) bond motifs is 1. The van der Waals surface area contributed by atoms with Crippen molar-refractivity contribution in [2.45, 2.75) is 25.7 Å². The zero-order valence-electron chi connectivity index (χ0n) is 8.05. The van der Waals surface area contributed by atoms with E-state index in [1.165, 1.54) is 0 Å². The van der Waals surface area contributed by atoms with Crippen LogP contribution in [0.1, 0.15) is 30.7 Å². The average molecular weight is 211 g/mol. The van der Waals surface area contributed by atoms with Crippen molar-refractivity contribution in [2.75, 3.05) is 6.54 Å². The highest BCUT2D eigenvalue weighted by atomic mass is 32.1. The molecule has 0 saturated heterocycles. The molecule has 0 bridgehead atoms. The van der Waals surface area contributed by atoms with E-state index in [2.05, 4.69) is 22.2 Å². The van der Waals surface area contributed by atoms with Crippen LogP contribution in [0.3, 0.4) is 0 Å². The van der Waals surface area contributed by atoms with Crippen LogP contribution in [0.2, 0.25) is 0 Å². The van der Waals surface area contributed by atoms with Gasteiger partial charge in [-0.2, -0.15) is 9.61 Å². The molecule has 0 aromatic carbocycles. The zero-order chi connectivity index (χ0) is 9.97. The molecule has 2 aromatic heterocycles. The Hall–Kier alpha value is -1.01. The summed E-state index contributed by atoms with van der Waals surface area (Å²) in [5, 5.41) is 13.2. The Balaban J connectivity index is 2.27. The highest BCUT2D eigenvalue weighted by Gasteiger charge is 2.14. The van der Waals surface area contributed by atoms with E-state index in [9.17, 15) is 0 Å². The van der Waals surface area contributed by atoms with Crippen molar-refractivity contribution in [1.29, 1.82) is 0 Å². The smallest absolute Gasteiger partial charge is 0.234 e. The standard InChI is InChI=1S/C8H13N5S/c1-2-3-6(4-9)7-12-13-5-10-11-8(13)14-7/h5-6H,2-4,9H2,1H3. The maximum Gasteiger partial charge on any atom is 0.234 e. The molecule has 2 heterocycles. The molecule has 76 valence electrons. The Morgan fingerprint density at radius 1 is 1.64 bits per heavy atom. The predicted molar refractivity (Wildman–Crippen MR) is 55.4 cm³/mol. The van der Waals surface area contributed by atoms with Crippen molar-refractivity contribution in [3.8, 4) is 0 Å². The van der Waals surface area contributed by atoms with E-state index in [-0.39, 0.29) is 0 Å². The first-order valence-electron chi connectivity index (χ1n) is 4.72. The summed E-state index contributed by atoms with van der Waals surface area (Å²) in [6, 6.07) is 0. The summed E-state index contributed by atoms with van der Waals surface area (Å²) in [6.07, 6.45) is 3.83. The lowest BCUT2D eigenvalue weighted by atomic mass is 10.1. The van der Waals surface area contributed by atoms with Gasteiger partial charge in [0.1, 0.15) is 11.3 Å². The van der Waals surface area contributed by atoms with E-state index in [0.717, 1.165) is 22.8 Å². The Bertz CT molecular complexity index is 378. The fourth-order valence-electron chi connectivity index (χ4n) is 1.43. The van der Waals surface area contributed by atoms with Crippen LogP contribution < -0.4 is 5.73 Å². The number of aromatic nitrogens is 4. The van der Waals surface area contributed by atoms with Crippen LogP contribution in [0.5, 0.6) is 0 Å². The minimum absolute atomic E-state index is 0.367. The van der Waals surface area contributed by atoms with E-state index >= 15 is 0 Å². The monoisotopic (exact) mass is 211 g/mol. The molecule has 2 aromatic rings. The Morgan fingerprint density at radius 3 is 3.14 bits per heavy atom. The number of rotatable bonds is 4. The van der Waals surface area contributed by atoms with Gasteiger partial charge < -0.3 is 5.73 Å². The van der Waals surface area contributed by atoms with Gasteiger partial charge in [-0.15, -0.1) is 10.2 Å². The van der Waals surface area contributed by atoms with E-state index in [4.69, 9.17) is 5.73 Å². The van der Waals surface area contributed by atoms with Gasteiger partial charge in [-0.3, -0.25) is 0 Å². The molecule has 0 fully saturated rings. The molecule has 0 aliphatic rings. The zero-order valence-corrected chi connectivity index (χ0v) is 8.87. The van der Waals surface area contributed by atoms with Crippen molar-refractivity contribution in [3.05, 3.63) is 11.3 Å². The molecular formula is C8H13N5S. The molecule has 0 saturated carbocycles. The van der Waals surface area contributed by atoms with Crippen LogP contribution in [0.15, 0.2) is 6.33 Å². The highest BCUT2D eigenvalue weighted by Crippen LogP contribution is 2.24. The molecular weight excluding hydrogens is 198 g/mol. The van der Waals surface area contributed by atoms with Crippen molar-refractivity contribution in [1.82, 2.24) is 19.8 Å². The van der Waals surface area contributed by atoms with Gasteiger partial charge in [-0.25, -0.2) is 0 Å². The van der Waals surface area contributed by atoms with Crippen molar-refractivity contribution in [3.63, 3.8) is 0 Å². The van der Waals surface area contributed by atoms with Crippen LogP contribution in [-0.2, 0) is 0 Å². The van der Waals surface area contributed by atoms with E-state index in [1.54, 1.807) is 22.2 Å². The fourth-order valence-corrected chi connectivity index (χ4v) is 2.40. The summed E-state index contributed by atoms with van der Waals surface area (Å²) in [5.41, 5.74) is 5.70. The third-order valence-electron chi connectivity index (χ3n) is 2.17. The third-order valence-corrected chi connectivity index (χ3v) is 3.25. The van der Waals surface area contributed by atoms with Gasteiger partial charge in [0.2, 0.25) is 4.96 Å². The SMILES string of the molecule is CCCC(CN)c1nn2cnnc2s1.